The highest BCUT2D eigenvalue weighted by Crippen LogP contribution is 2.36. The van der Waals surface area contributed by atoms with Gasteiger partial charge in [-0.1, -0.05) is 30.3 Å². The number of aliphatic hydroxyl groups is 1. The van der Waals surface area contributed by atoms with Crippen molar-refractivity contribution in [2.24, 2.45) is 13.0 Å². The molecule has 11 heteroatoms. The van der Waals surface area contributed by atoms with Crippen molar-refractivity contribution in [1.82, 2.24) is 33.9 Å². The maximum atomic E-state index is 14.1. The number of fused-ring (bicyclic) bond motifs is 2. The van der Waals surface area contributed by atoms with Crippen molar-refractivity contribution in [2.45, 2.75) is 37.3 Å². The standard InChI is InChI=1S/C34H35N7O4/c1-38-15-9-26-30(38)37-22-41(33(26)44)21-34(45)11-17-39(18-12-34)32(43)25-10-16-40(20-27(25)23-5-3-2-4-6-23)31(42)24-7-8-28-29(19-24)36-14-13-35-28/h2-9,13-15,19,22,25,27,45H,10-12,16-18,20-21H2,1H3/t25-,27+/m1/s1. The van der Waals surface area contributed by atoms with E-state index in [1.54, 1.807) is 41.4 Å². The van der Waals surface area contributed by atoms with Crippen LogP contribution in [0.1, 0.15) is 41.1 Å². The van der Waals surface area contributed by atoms with E-state index in [1.807, 2.05) is 53.2 Å². The van der Waals surface area contributed by atoms with E-state index in [9.17, 15) is 19.5 Å². The van der Waals surface area contributed by atoms with Crippen LogP contribution in [-0.4, -0.2) is 82.6 Å². The van der Waals surface area contributed by atoms with Crippen molar-refractivity contribution in [2.75, 3.05) is 26.2 Å². The first-order valence-corrected chi connectivity index (χ1v) is 15.4. The van der Waals surface area contributed by atoms with Crippen LogP contribution >= 0.6 is 0 Å². The molecule has 5 aromatic rings. The Morgan fingerprint density at radius 3 is 2.47 bits per heavy atom. The van der Waals surface area contributed by atoms with Gasteiger partial charge in [-0.2, -0.15) is 0 Å². The monoisotopic (exact) mass is 605 g/mol. The number of amides is 2. The van der Waals surface area contributed by atoms with Crippen molar-refractivity contribution in [3.05, 3.63) is 101 Å². The average molecular weight is 606 g/mol. The van der Waals surface area contributed by atoms with E-state index in [-0.39, 0.29) is 35.8 Å². The molecular formula is C34H35N7O4. The molecular weight excluding hydrogens is 570 g/mol. The summed E-state index contributed by atoms with van der Waals surface area (Å²) in [7, 11) is 1.84. The van der Waals surface area contributed by atoms with Gasteiger partial charge in [0.05, 0.1) is 28.6 Å². The van der Waals surface area contributed by atoms with Crippen LogP contribution in [0.2, 0.25) is 0 Å². The van der Waals surface area contributed by atoms with E-state index in [4.69, 9.17) is 0 Å². The van der Waals surface area contributed by atoms with Crippen molar-refractivity contribution < 1.29 is 14.7 Å². The second-order valence-electron chi connectivity index (χ2n) is 12.3. The summed E-state index contributed by atoms with van der Waals surface area (Å²) in [6, 6.07) is 17.0. The van der Waals surface area contributed by atoms with Crippen LogP contribution < -0.4 is 5.56 Å². The van der Waals surface area contributed by atoms with Gasteiger partial charge in [0.25, 0.3) is 11.5 Å². The van der Waals surface area contributed by atoms with Crippen LogP contribution in [0.25, 0.3) is 22.1 Å². The molecule has 5 heterocycles. The lowest BCUT2D eigenvalue weighted by Gasteiger charge is -2.43. The van der Waals surface area contributed by atoms with Gasteiger partial charge in [0.2, 0.25) is 5.91 Å². The molecule has 2 aromatic carbocycles. The Balaban J connectivity index is 1.05. The molecule has 2 aliphatic rings. The number of hydrogen-bond donors (Lipinski definition) is 1. The van der Waals surface area contributed by atoms with Crippen LogP contribution in [0.4, 0.5) is 0 Å². The van der Waals surface area contributed by atoms with Crippen LogP contribution in [0.15, 0.2) is 84.3 Å². The molecule has 0 bridgehead atoms. The van der Waals surface area contributed by atoms with Gasteiger partial charge in [0, 0.05) is 69.2 Å². The van der Waals surface area contributed by atoms with Gasteiger partial charge in [-0.05, 0) is 49.1 Å². The Hall–Kier alpha value is -4.90. The topological polar surface area (TPSA) is 126 Å². The fourth-order valence-electron chi connectivity index (χ4n) is 6.90. The predicted molar refractivity (Wildman–Crippen MR) is 168 cm³/mol. The number of carbonyl (C=O) groups is 2. The number of hydrogen-bond acceptors (Lipinski definition) is 7. The summed E-state index contributed by atoms with van der Waals surface area (Å²) in [5.41, 5.74) is 2.27. The van der Waals surface area contributed by atoms with Crippen molar-refractivity contribution >= 4 is 33.9 Å². The molecule has 230 valence electrons. The average Bonchev–Trinajstić information content (AvgIpc) is 3.46. The SMILES string of the molecule is Cn1ccc2c(=O)n(CC3(O)CCN(C(=O)[C@@H]4CCN(C(=O)c5ccc6nccnc6c5)C[C@H]4c4ccccc4)CC3)cnc21. The number of rotatable bonds is 5. The van der Waals surface area contributed by atoms with Crippen molar-refractivity contribution in [3.8, 4) is 0 Å². The fraction of sp³-hybridized carbons (Fsp3) is 0.353. The summed E-state index contributed by atoms with van der Waals surface area (Å²) >= 11 is 0. The second-order valence-corrected chi connectivity index (χ2v) is 12.3. The van der Waals surface area contributed by atoms with E-state index in [0.29, 0.717) is 67.6 Å². The largest absolute Gasteiger partial charge is 0.388 e. The number of nitrogens with zero attached hydrogens (tertiary/aromatic N) is 7. The molecule has 0 aliphatic carbocycles. The van der Waals surface area contributed by atoms with E-state index < -0.39 is 5.60 Å². The Kier molecular flexibility index (Phi) is 7.40. The zero-order chi connectivity index (χ0) is 31.1. The molecule has 0 radical (unpaired) electrons. The number of aromatic nitrogens is 5. The van der Waals surface area contributed by atoms with Crippen LogP contribution in [0.5, 0.6) is 0 Å². The minimum Gasteiger partial charge on any atom is -0.388 e. The fourth-order valence-corrected chi connectivity index (χ4v) is 6.90. The minimum absolute atomic E-state index is 0.0449. The third kappa shape index (κ3) is 5.48. The molecule has 7 rings (SSSR count). The molecule has 45 heavy (non-hydrogen) atoms. The van der Waals surface area contributed by atoms with Gasteiger partial charge in [0.15, 0.2) is 0 Å². The lowest BCUT2D eigenvalue weighted by atomic mass is 9.79. The lowest BCUT2D eigenvalue weighted by Crippen LogP contribution is -2.53. The summed E-state index contributed by atoms with van der Waals surface area (Å²) < 4.78 is 3.27. The summed E-state index contributed by atoms with van der Waals surface area (Å²) in [6.45, 7) is 1.80. The third-order valence-corrected chi connectivity index (χ3v) is 9.48. The number of carbonyl (C=O) groups excluding carboxylic acids is 2. The zero-order valence-electron chi connectivity index (χ0n) is 25.1. The normalized spacial score (nSPS) is 20.0. The third-order valence-electron chi connectivity index (χ3n) is 9.48. The zero-order valence-corrected chi connectivity index (χ0v) is 25.1. The Morgan fingerprint density at radius 2 is 1.69 bits per heavy atom. The maximum absolute atomic E-state index is 14.1. The molecule has 2 aliphatic heterocycles. The minimum atomic E-state index is -1.12. The lowest BCUT2D eigenvalue weighted by molar-refractivity contribution is -0.142. The number of benzene rings is 2. The molecule has 2 fully saturated rings. The Labute approximate surface area is 259 Å². The molecule has 3 aromatic heterocycles. The maximum Gasteiger partial charge on any atom is 0.262 e. The first-order valence-electron chi connectivity index (χ1n) is 15.4. The molecule has 11 nitrogen and oxygen atoms in total. The number of likely N-dealkylation sites (tertiary alicyclic amines) is 2. The molecule has 2 amide bonds. The quantitative estimate of drug-likeness (QED) is 0.327. The molecule has 1 N–H and O–H groups in total. The highest BCUT2D eigenvalue weighted by Gasteiger charge is 2.41. The van der Waals surface area contributed by atoms with Gasteiger partial charge in [0.1, 0.15) is 12.0 Å². The van der Waals surface area contributed by atoms with Crippen LogP contribution in [-0.2, 0) is 18.4 Å². The highest BCUT2D eigenvalue weighted by molar-refractivity contribution is 5.97. The van der Waals surface area contributed by atoms with E-state index in [0.717, 1.165) is 11.1 Å². The van der Waals surface area contributed by atoms with Crippen molar-refractivity contribution in [3.63, 3.8) is 0 Å². The van der Waals surface area contributed by atoms with Gasteiger partial charge in [-0.3, -0.25) is 28.9 Å². The summed E-state index contributed by atoms with van der Waals surface area (Å²) in [5.74, 6) is -0.503. The van der Waals surface area contributed by atoms with Gasteiger partial charge < -0.3 is 19.5 Å². The second kappa shape index (κ2) is 11.6. The first kappa shape index (κ1) is 28.8. The van der Waals surface area contributed by atoms with Gasteiger partial charge in [-0.15, -0.1) is 0 Å². The summed E-state index contributed by atoms with van der Waals surface area (Å²) in [5, 5.41) is 12.0. The molecule has 0 saturated carbocycles. The Bertz CT molecular complexity index is 1940. The molecule has 0 unspecified atom stereocenters. The van der Waals surface area contributed by atoms with Gasteiger partial charge in [-0.25, -0.2) is 4.98 Å². The molecule has 0 spiro atoms. The highest BCUT2D eigenvalue weighted by atomic mass is 16.3. The first-order chi connectivity index (χ1) is 21.8. The smallest absolute Gasteiger partial charge is 0.262 e. The number of piperidine rings is 2. The van der Waals surface area contributed by atoms with Crippen molar-refractivity contribution in [1.29, 1.82) is 0 Å². The predicted octanol–water partition coefficient (Wildman–Crippen LogP) is 2.98. The van der Waals surface area contributed by atoms with Crippen LogP contribution in [0.3, 0.4) is 0 Å². The Morgan fingerprint density at radius 1 is 0.933 bits per heavy atom. The van der Waals surface area contributed by atoms with E-state index in [1.165, 1.54) is 10.9 Å². The molecule has 2 atom stereocenters. The summed E-state index contributed by atoms with van der Waals surface area (Å²) in [6.07, 6.45) is 7.78. The summed E-state index contributed by atoms with van der Waals surface area (Å²) in [4.78, 5) is 57.5. The molecule has 2 saturated heterocycles. The van der Waals surface area contributed by atoms with Gasteiger partial charge >= 0.3 is 0 Å². The van der Waals surface area contributed by atoms with E-state index >= 15 is 0 Å². The van der Waals surface area contributed by atoms with Crippen LogP contribution in [0, 0.1) is 5.92 Å². The number of aryl methyl sites for hydroxylation is 1. The van der Waals surface area contributed by atoms with E-state index in [2.05, 4.69) is 15.0 Å².